The largest absolute Gasteiger partial charge is 0.492 e. The third-order valence-corrected chi connectivity index (χ3v) is 4.00. The first-order chi connectivity index (χ1) is 11.7. The third kappa shape index (κ3) is 3.47. The minimum atomic E-state index is -0.408. The highest BCUT2D eigenvalue weighted by atomic mass is 19.1. The Balaban J connectivity index is 1.78. The summed E-state index contributed by atoms with van der Waals surface area (Å²) in [6.07, 6.45) is 4.22. The lowest BCUT2D eigenvalue weighted by Gasteiger charge is -2.34. The Hall–Kier alpha value is -2.64. The van der Waals surface area contributed by atoms with Crippen molar-refractivity contribution in [3.8, 4) is 5.75 Å². The fourth-order valence-electron chi connectivity index (χ4n) is 2.90. The second-order valence-corrected chi connectivity index (χ2v) is 5.58. The number of benzene rings is 1. The Morgan fingerprint density at radius 2 is 2.38 bits per heavy atom. The Morgan fingerprint density at radius 1 is 1.50 bits per heavy atom. The van der Waals surface area contributed by atoms with E-state index in [0.717, 1.165) is 19.3 Å². The maximum atomic E-state index is 13.4. The summed E-state index contributed by atoms with van der Waals surface area (Å²) < 4.78 is 18.8. The number of aromatic nitrogens is 3. The van der Waals surface area contributed by atoms with Crippen LogP contribution in [0.15, 0.2) is 24.5 Å². The lowest BCUT2D eigenvalue weighted by molar-refractivity contribution is 0.159. The Labute approximate surface area is 139 Å². The van der Waals surface area contributed by atoms with Crippen molar-refractivity contribution in [1.82, 2.24) is 20.1 Å². The molecule has 0 unspecified atom stereocenters. The van der Waals surface area contributed by atoms with Gasteiger partial charge < -0.3 is 15.0 Å². The summed E-state index contributed by atoms with van der Waals surface area (Å²) >= 11 is 0. The molecule has 7 nitrogen and oxygen atoms in total. The summed E-state index contributed by atoms with van der Waals surface area (Å²) in [5.41, 5.74) is 0.449. The number of carbonyl (C=O) groups is 1. The van der Waals surface area contributed by atoms with E-state index in [1.165, 1.54) is 24.5 Å². The molecule has 3 rings (SSSR count). The zero-order valence-corrected chi connectivity index (χ0v) is 13.5. The van der Waals surface area contributed by atoms with Crippen molar-refractivity contribution in [2.75, 3.05) is 18.5 Å². The fraction of sp³-hybridized carbons (Fsp3) is 0.438. The normalized spacial score (nSPS) is 17.6. The molecule has 1 fully saturated rings. The van der Waals surface area contributed by atoms with Crippen molar-refractivity contribution in [2.45, 2.75) is 32.2 Å². The highest BCUT2D eigenvalue weighted by Gasteiger charge is 2.30. The molecule has 2 aromatic rings. The van der Waals surface area contributed by atoms with Crippen molar-refractivity contribution < 1.29 is 13.9 Å². The van der Waals surface area contributed by atoms with Crippen molar-refractivity contribution >= 4 is 11.7 Å². The van der Waals surface area contributed by atoms with Crippen molar-refractivity contribution in [2.24, 2.45) is 0 Å². The van der Waals surface area contributed by atoms with E-state index in [-0.39, 0.29) is 12.1 Å². The highest BCUT2D eigenvalue weighted by molar-refractivity contribution is 5.91. The minimum absolute atomic E-state index is 0.141. The number of hydrogen-bond donors (Lipinski definition) is 2. The van der Waals surface area contributed by atoms with E-state index >= 15 is 0 Å². The van der Waals surface area contributed by atoms with Gasteiger partial charge >= 0.3 is 6.03 Å². The number of rotatable bonds is 4. The van der Waals surface area contributed by atoms with Gasteiger partial charge in [0.1, 0.15) is 23.7 Å². The molecule has 128 valence electrons. The quantitative estimate of drug-likeness (QED) is 0.900. The molecule has 8 heteroatoms. The minimum Gasteiger partial charge on any atom is -0.492 e. The smallest absolute Gasteiger partial charge is 0.322 e. The van der Waals surface area contributed by atoms with Crippen LogP contribution in [-0.4, -0.2) is 39.3 Å². The predicted molar refractivity (Wildman–Crippen MR) is 86.3 cm³/mol. The molecule has 1 aliphatic rings. The van der Waals surface area contributed by atoms with Gasteiger partial charge in [-0.25, -0.2) is 14.2 Å². The molecule has 2 amide bonds. The number of H-pyrrole nitrogens is 1. The summed E-state index contributed by atoms with van der Waals surface area (Å²) in [5, 5.41) is 9.52. The van der Waals surface area contributed by atoms with Crippen LogP contribution in [0.25, 0.3) is 0 Å². The summed E-state index contributed by atoms with van der Waals surface area (Å²) in [5.74, 6) is 0.585. The summed E-state index contributed by atoms with van der Waals surface area (Å²) in [7, 11) is 0. The Morgan fingerprint density at radius 3 is 3.12 bits per heavy atom. The van der Waals surface area contributed by atoms with Crippen LogP contribution in [-0.2, 0) is 0 Å². The first-order valence-corrected chi connectivity index (χ1v) is 8.04. The highest BCUT2D eigenvalue weighted by Crippen LogP contribution is 2.31. The second kappa shape index (κ2) is 7.29. The number of amides is 2. The van der Waals surface area contributed by atoms with Gasteiger partial charge in [-0.05, 0) is 38.3 Å². The average molecular weight is 333 g/mol. The summed E-state index contributed by atoms with van der Waals surface area (Å²) in [6, 6.07) is 3.66. The van der Waals surface area contributed by atoms with Crippen LogP contribution in [0.3, 0.4) is 0 Å². The van der Waals surface area contributed by atoms with Gasteiger partial charge in [-0.15, -0.1) is 0 Å². The zero-order chi connectivity index (χ0) is 16.9. The first-order valence-electron chi connectivity index (χ1n) is 8.04. The van der Waals surface area contributed by atoms with Crippen molar-refractivity contribution in [1.29, 1.82) is 0 Å². The van der Waals surface area contributed by atoms with Crippen LogP contribution in [0.2, 0.25) is 0 Å². The van der Waals surface area contributed by atoms with E-state index in [2.05, 4.69) is 20.5 Å². The molecule has 1 aromatic heterocycles. The van der Waals surface area contributed by atoms with Gasteiger partial charge in [-0.1, -0.05) is 0 Å². The van der Waals surface area contributed by atoms with E-state index in [4.69, 9.17) is 4.74 Å². The van der Waals surface area contributed by atoms with E-state index in [0.29, 0.717) is 30.4 Å². The average Bonchev–Trinajstić information content (AvgIpc) is 3.12. The zero-order valence-electron chi connectivity index (χ0n) is 13.5. The first kappa shape index (κ1) is 16.2. The van der Waals surface area contributed by atoms with Crippen LogP contribution in [0, 0.1) is 5.82 Å². The van der Waals surface area contributed by atoms with Crippen LogP contribution in [0.5, 0.6) is 5.75 Å². The number of urea groups is 1. The molecule has 0 spiro atoms. The second-order valence-electron chi connectivity index (χ2n) is 5.58. The van der Waals surface area contributed by atoms with Crippen molar-refractivity contribution in [3.63, 3.8) is 0 Å². The van der Waals surface area contributed by atoms with Gasteiger partial charge in [0.15, 0.2) is 0 Å². The number of likely N-dealkylation sites (tertiary alicyclic amines) is 1. The van der Waals surface area contributed by atoms with Gasteiger partial charge in [0.05, 0.1) is 18.3 Å². The molecule has 0 bridgehead atoms. The molecule has 0 radical (unpaired) electrons. The molecule has 24 heavy (non-hydrogen) atoms. The summed E-state index contributed by atoms with van der Waals surface area (Å²) in [4.78, 5) is 18.6. The molecule has 2 N–H and O–H groups in total. The van der Waals surface area contributed by atoms with Crippen molar-refractivity contribution in [3.05, 3.63) is 36.2 Å². The molecule has 1 atom stereocenters. The number of ether oxygens (including phenoxy) is 1. The number of hydrogen-bond acceptors (Lipinski definition) is 4. The van der Waals surface area contributed by atoms with Crippen LogP contribution in [0.4, 0.5) is 14.9 Å². The standard InChI is InChI=1S/C16H20FN5O2/c1-2-24-14-9-11(17)6-7-12(14)20-16(23)22-8-4-3-5-13(22)15-18-10-19-21-15/h6-7,9-10,13H,2-5,8H2,1H3,(H,20,23)(H,18,19,21)/t13-/m1/s1. The Kier molecular flexibility index (Phi) is 4.93. The number of nitrogens with zero attached hydrogens (tertiary/aromatic N) is 3. The van der Waals surface area contributed by atoms with Gasteiger partial charge in [-0.2, -0.15) is 5.10 Å². The topological polar surface area (TPSA) is 83.1 Å². The Bertz CT molecular complexity index is 692. The molecular formula is C16H20FN5O2. The molecule has 0 aliphatic carbocycles. The lowest BCUT2D eigenvalue weighted by Crippen LogP contribution is -2.41. The number of anilines is 1. The lowest BCUT2D eigenvalue weighted by atomic mass is 10.0. The van der Waals surface area contributed by atoms with Gasteiger partial charge in [0.25, 0.3) is 0 Å². The molecule has 2 heterocycles. The monoisotopic (exact) mass is 333 g/mol. The molecule has 1 aliphatic heterocycles. The molecule has 0 saturated carbocycles. The SMILES string of the molecule is CCOc1cc(F)ccc1NC(=O)N1CCCC[C@@H]1c1ncn[nH]1. The van der Waals surface area contributed by atoms with E-state index in [1.807, 2.05) is 0 Å². The van der Waals surface area contributed by atoms with E-state index in [9.17, 15) is 9.18 Å². The number of carbonyl (C=O) groups excluding carboxylic acids is 1. The van der Waals surface area contributed by atoms with E-state index < -0.39 is 5.82 Å². The third-order valence-electron chi connectivity index (χ3n) is 4.00. The van der Waals surface area contributed by atoms with Gasteiger partial charge in [-0.3, -0.25) is 5.10 Å². The molecule has 1 saturated heterocycles. The number of halogens is 1. The fourth-order valence-corrected chi connectivity index (χ4v) is 2.90. The van der Waals surface area contributed by atoms with E-state index in [1.54, 1.807) is 11.8 Å². The van der Waals surface area contributed by atoms with Crippen LogP contribution >= 0.6 is 0 Å². The molecular weight excluding hydrogens is 313 g/mol. The molecule has 1 aromatic carbocycles. The predicted octanol–water partition coefficient (Wildman–Crippen LogP) is 3.10. The number of nitrogens with one attached hydrogen (secondary N) is 2. The van der Waals surface area contributed by atoms with Crippen LogP contribution in [0.1, 0.15) is 38.1 Å². The maximum absolute atomic E-state index is 13.4. The van der Waals surface area contributed by atoms with Gasteiger partial charge in [0.2, 0.25) is 0 Å². The summed E-state index contributed by atoms with van der Waals surface area (Å²) in [6.45, 7) is 2.82. The maximum Gasteiger partial charge on any atom is 0.322 e. The number of aromatic amines is 1. The number of piperidine rings is 1. The van der Waals surface area contributed by atoms with Crippen LogP contribution < -0.4 is 10.1 Å². The van der Waals surface area contributed by atoms with Gasteiger partial charge in [0, 0.05) is 12.6 Å².